The second kappa shape index (κ2) is 7.46. The Morgan fingerprint density at radius 3 is 2.37 bits per heavy atom. The molecule has 0 saturated carbocycles. The van der Waals surface area contributed by atoms with E-state index in [0.29, 0.717) is 17.1 Å². The second-order valence-electron chi connectivity index (χ2n) is 5.40. The number of methoxy groups -OCH3 is 2. The number of nitro benzene ring substituents is 1. The molecule has 0 atom stereocenters. The van der Waals surface area contributed by atoms with E-state index in [9.17, 15) is 14.9 Å². The van der Waals surface area contributed by atoms with E-state index in [1.54, 1.807) is 18.2 Å². The van der Waals surface area contributed by atoms with Crippen LogP contribution in [0, 0.1) is 10.1 Å². The van der Waals surface area contributed by atoms with Crippen molar-refractivity contribution in [2.45, 2.75) is 0 Å². The van der Waals surface area contributed by atoms with Gasteiger partial charge in [-0.15, -0.1) is 0 Å². The van der Waals surface area contributed by atoms with E-state index in [1.807, 2.05) is 0 Å². The van der Waals surface area contributed by atoms with Crippen molar-refractivity contribution in [3.05, 3.63) is 68.4 Å². The third-order valence-electron chi connectivity index (χ3n) is 3.69. The van der Waals surface area contributed by atoms with Crippen molar-refractivity contribution < 1.29 is 23.9 Å². The molecule has 2 aromatic carbocycles. The maximum atomic E-state index is 12.1. The Hall–Kier alpha value is -3.39. The fourth-order valence-electron chi connectivity index (χ4n) is 2.39. The van der Waals surface area contributed by atoms with E-state index in [2.05, 4.69) is 4.99 Å². The van der Waals surface area contributed by atoms with Crippen molar-refractivity contribution >= 4 is 35.2 Å². The molecule has 0 bridgehead atoms. The highest BCUT2D eigenvalue weighted by molar-refractivity contribution is 6.34. The summed E-state index contributed by atoms with van der Waals surface area (Å²) in [5.41, 5.74) is 0.780. The first kappa shape index (κ1) is 18.4. The second-order valence-corrected chi connectivity index (χ2v) is 5.81. The number of hydrogen-bond donors (Lipinski definition) is 0. The van der Waals surface area contributed by atoms with Crippen LogP contribution in [0.5, 0.6) is 11.5 Å². The van der Waals surface area contributed by atoms with Gasteiger partial charge in [0.1, 0.15) is 11.5 Å². The molecule has 0 spiro atoms. The Morgan fingerprint density at radius 1 is 1.15 bits per heavy atom. The summed E-state index contributed by atoms with van der Waals surface area (Å²) in [6.07, 6.45) is 1.51. The first-order valence-corrected chi connectivity index (χ1v) is 7.99. The molecule has 27 heavy (non-hydrogen) atoms. The zero-order valence-electron chi connectivity index (χ0n) is 14.3. The summed E-state index contributed by atoms with van der Waals surface area (Å²) >= 11 is 6.06. The molecular weight excluding hydrogens is 376 g/mol. The number of halogens is 1. The number of benzene rings is 2. The van der Waals surface area contributed by atoms with Crippen LogP contribution < -0.4 is 9.47 Å². The first-order valence-electron chi connectivity index (χ1n) is 7.61. The minimum absolute atomic E-state index is 0.0268. The third-order valence-corrected chi connectivity index (χ3v) is 4.00. The van der Waals surface area contributed by atoms with Gasteiger partial charge in [-0.3, -0.25) is 10.1 Å². The summed E-state index contributed by atoms with van der Waals surface area (Å²) in [6, 6.07) is 8.91. The van der Waals surface area contributed by atoms with Gasteiger partial charge < -0.3 is 14.2 Å². The zero-order valence-corrected chi connectivity index (χ0v) is 15.0. The van der Waals surface area contributed by atoms with Gasteiger partial charge in [-0.05, 0) is 29.8 Å². The number of nitrogens with zero attached hydrogens (tertiary/aromatic N) is 2. The molecule has 1 aliphatic heterocycles. The van der Waals surface area contributed by atoms with Crippen LogP contribution in [-0.4, -0.2) is 31.0 Å². The quantitative estimate of drug-likeness (QED) is 0.335. The maximum Gasteiger partial charge on any atom is 0.363 e. The molecule has 138 valence electrons. The molecule has 0 aromatic heterocycles. The number of rotatable bonds is 5. The summed E-state index contributed by atoms with van der Waals surface area (Å²) in [5.74, 6) is 0.410. The smallest absolute Gasteiger partial charge is 0.363 e. The van der Waals surface area contributed by atoms with E-state index in [1.165, 1.54) is 38.5 Å². The normalized spacial score (nSPS) is 14.7. The molecule has 1 aliphatic rings. The fourth-order valence-corrected chi connectivity index (χ4v) is 2.64. The number of non-ortho nitro benzene ring substituents is 1. The molecule has 0 aliphatic carbocycles. The number of carbonyl (C=O) groups excluding carboxylic acids is 1. The van der Waals surface area contributed by atoms with E-state index >= 15 is 0 Å². The predicted octanol–water partition coefficient (Wildman–Crippen LogP) is 3.61. The molecule has 0 N–H and O–H groups in total. The minimum atomic E-state index is -0.666. The molecule has 1 heterocycles. The summed E-state index contributed by atoms with van der Waals surface area (Å²) in [5, 5.41) is 10.9. The van der Waals surface area contributed by atoms with Crippen LogP contribution in [0.1, 0.15) is 11.1 Å². The molecule has 0 unspecified atom stereocenters. The van der Waals surface area contributed by atoms with Gasteiger partial charge in [0, 0.05) is 18.2 Å². The molecular formula is C18H13ClN2O6. The van der Waals surface area contributed by atoms with Crippen LogP contribution in [0.25, 0.3) is 6.08 Å². The lowest BCUT2D eigenvalue weighted by atomic mass is 10.1. The largest absolute Gasteiger partial charge is 0.497 e. The summed E-state index contributed by atoms with van der Waals surface area (Å²) in [4.78, 5) is 26.5. The van der Waals surface area contributed by atoms with Crippen molar-refractivity contribution in [3.63, 3.8) is 0 Å². The number of esters is 1. The summed E-state index contributed by atoms with van der Waals surface area (Å²) < 4.78 is 15.5. The lowest BCUT2D eigenvalue weighted by molar-refractivity contribution is -0.384. The van der Waals surface area contributed by atoms with Crippen molar-refractivity contribution in [3.8, 4) is 11.5 Å². The Bertz CT molecular complexity index is 977. The van der Waals surface area contributed by atoms with E-state index in [4.69, 9.17) is 25.8 Å². The van der Waals surface area contributed by atoms with Gasteiger partial charge in [0.25, 0.3) is 5.69 Å². The predicted molar refractivity (Wildman–Crippen MR) is 98.3 cm³/mol. The average molecular weight is 389 g/mol. The lowest BCUT2D eigenvalue weighted by Crippen LogP contribution is -2.06. The molecule has 8 nitrogen and oxygen atoms in total. The van der Waals surface area contributed by atoms with Crippen LogP contribution in [0.15, 0.2) is 47.1 Å². The number of hydrogen-bond acceptors (Lipinski definition) is 7. The van der Waals surface area contributed by atoms with Gasteiger partial charge in [-0.25, -0.2) is 9.79 Å². The highest BCUT2D eigenvalue weighted by Crippen LogP contribution is 2.28. The number of ether oxygens (including phenoxy) is 3. The molecule has 0 saturated heterocycles. The average Bonchev–Trinajstić information content (AvgIpc) is 3.01. The van der Waals surface area contributed by atoms with Crippen LogP contribution in [0.4, 0.5) is 5.69 Å². The monoisotopic (exact) mass is 388 g/mol. The van der Waals surface area contributed by atoms with Crippen molar-refractivity contribution in [2.75, 3.05) is 14.2 Å². The summed E-state index contributed by atoms with van der Waals surface area (Å²) in [6.45, 7) is 0. The van der Waals surface area contributed by atoms with Crippen molar-refractivity contribution in [1.82, 2.24) is 0 Å². The minimum Gasteiger partial charge on any atom is -0.497 e. The van der Waals surface area contributed by atoms with Gasteiger partial charge in [0.2, 0.25) is 5.90 Å². The number of aliphatic imine (C=N–C) groups is 1. The standard InChI is InChI=1S/C18H13ClN2O6/c1-25-12-5-10(6-13(9-12)26-2)7-16-18(22)27-17(20-16)14-4-3-11(21(23)24)8-15(14)19/h3-9H,1-2H3/b16-7-. The number of nitro groups is 1. The third kappa shape index (κ3) is 3.90. The molecule has 2 aromatic rings. The van der Waals surface area contributed by atoms with Gasteiger partial charge in [0.15, 0.2) is 5.70 Å². The Labute approximate surface area is 158 Å². The van der Waals surface area contributed by atoms with E-state index in [0.717, 1.165) is 0 Å². The van der Waals surface area contributed by atoms with Gasteiger partial charge in [-0.2, -0.15) is 0 Å². The highest BCUT2D eigenvalue weighted by Gasteiger charge is 2.26. The number of cyclic esters (lactones) is 1. The van der Waals surface area contributed by atoms with E-state index in [-0.39, 0.29) is 27.9 Å². The van der Waals surface area contributed by atoms with Gasteiger partial charge in [-0.1, -0.05) is 11.6 Å². The van der Waals surface area contributed by atoms with Crippen LogP contribution >= 0.6 is 11.6 Å². The van der Waals surface area contributed by atoms with E-state index < -0.39 is 10.9 Å². The Morgan fingerprint density at radius 2 is 1.81 bits per heavy atom. The van der Waals surface area contributed by atoms with Crippen LogP contribution in [0.2, 0.25) is 5.02 Å². The molecule has 9 heteroatoms. The van der Waals surface area contributed by atoms with Crippen molar-refractivity contribution in [2.24, 2.45) is 4.99 Å². The topological polar surface area (TPSA) is 100 Å². The Balaban J connectivity index is 1.97. The molecule has 0 radical (unpaired) electrons. The molecule has 3 rings (SSSR count). The first-order chi connectivity index (χ1) is 12.9. The van der Waals surface area contributed by atoms with Crippen LogP contribution in [-0.2, 0) is 9.53 Å². The SMILES string of the molecule is COc1cc(/C=C2\N=C(c3ccc([N+](=O)[O-])cc3Cl)OC2=O)cc(OC)c1. The molecule has 0 amide bonds. The van der Waals surface area contributed by atoms with Crippen LogP contribution in [0.3, 0.4) is 0 Å². The van der Waals surface area contributed by atoms with Gasteiger partial charge in [0.05, 0.1) is 29.7 Å². The lowest BCUT2D eigenvalue weighted by Gasteiger charge is -2.05. The zero-order chi connectivity index (χ0) is 19.6. The summed E-state index contributed by atoms with van der Waals surface area (Å²) in [7, 11) is 3.03. The Kier molecular flexibility index (Phi) is 5.09. The highest BCUT2D eigenvalue weighted by atomic mass is 35.5. The van der Waals surface area contributed by atoms with Crippen molar-refractivity contribution in [1.29, 1.82) is 0 Å². The fraction of sp³-hybridized carbons (Fsp3) is 0.111. The maximum absolute atomic E-state index is 12.1. The van der Waals surface area contributed by atoms with Gasteiger partial charge >= 0.3 is 5.97 Å². The molecule has 0 fully saturated rings. The number of carbonyl (C=O) groups is 1.